The Balaban J connectivity index is 2.02. The van der Waals surface area contributed by atoms with Crippen molar-refractivity contribution in [3.63, 3.8) is 0 Å². The van der Waals surface area contributed by atoms with Crippen molar-refractivity contribution in [2.24, 2.45) is 0 Å². The van der Waals surface area contributed by atoms with Crippen molar-refractivity contribution in [1.82, 2.24) is 14.5 Å². The fraction of sp³-hybridized carbons (Fsp3) is 0.750. The van der Waals surface area contributed by atoms with Gasteiger partial charge in [-0.2, -0.15) is 0 Å². The SMILES string of the molecule is CCn1cc(C)nc1CN1CCCCC1. The van der Waals surface area contributed by atoms with Crippen LogP contribution in [0.4, 0.5) is 0 Å². The molecule has 1 aliphatic rings. The van der Waals surface area contributed by atoms with Crippen molar-refractivity contribution in [2.75, 3.05) is 13.1 Å². The van der Waals surface area contributed by atoms with E-state index in [0.717, 1.165) is 18.8 Å². The number of aryl methyl sites for hydroxylation is 2. The van der Waals surface area contributed by atoms with Gasteiger partial charge in [-0.3, -0.25) is 4.90 Å². The van der Waals surface area contributed by atoms with Crippen LogP contribution in [0.2, 0.25) is 0 Å². The summed E-state index contributed by atoms with van der Waals surface area (Å²) in [6.07, 6.45) is 6.26. The first-order valence-electron chi connectivity index (χ1n) is 6.04. The van der Waals surface area contributed by atoms with Crippen LogP contribution in [0.15, 0.2) is 6.20 Å². The van der Waals surface area contributed by atoms with Crippen molar-refractivity contribution in [3.8, 4) is 0 Å². The molecule has 1 saturated heterocycles. The summed E-state index contributed by atoms with van der Waals surface area (Å²) in [4.78, 5) is 7.12. The lowest BCUT2D eigenvalue weighted by Crippen LogP contribution is -2.30. The highest BCUT2D eigenvalue weighted by Gasteiger charge is 2.13. The Hall–Kier alpha value is -0.830. The van der Waals surface area contributed by atoms with Crippen LogP contribution in [0, 0.1) is 6.92 Å². The number of hydrogen-bond acceptors (Lipinski definition) is 2. The number of imidazole rings is 1. The monoisotopic (exact) mass is 207 g/mol. The summed E-state index contributed by atoms with van der Waals surface area (Å²) < 4.78 is 2.27. The first kappa shape index (κ1) is 10.7. The number of likely N-dealkylation sites (tertiary alicyclic amines) is 1. The van der Waals surface area contributed by atoms with Crippen molar-refractivity contribution in [2.45, 2.75) is 46.2 Å². The third-order valence-electron chi connectivity index (χ3n) is 3.13. The Morgan fingerprint density at radius 2 is 2.00 bits per heavy atom. The van der Waals surface area contributed by atoms with E-state index in [2.05, 4.69) is 34.5 Å². The molecule has 0 spiro atoms. The van der Waals surface area contributed by atoms with Crippen LogP contribution in [-0.2, 0) is 13.1 Å². The molecule has 0 aromatic carbocycles. The van der Waals surface area contributed by atoms with Crippen LogP contribution in [0.25, 0.3) is 0 Å². The predicted octanol–water partition coefficient (Wildman–Crippen LogP) is 2.20. The van der Waals surface area contributed by atoms with Gasteiger partial charge >= 0.3 is 0 Å². The molecular weight excluding hydrogens is 186 g/mol. The van der Waals surface area contributed by atoms with Gasteiger partial charge in [0.2, 0.25) is 0 Å². The molecule has 2 rings (SSSR count). The van der Waals surface area contributed by atoms with Crippen LogP contribution < -0.4 is 0 Å². The second kappa shape index (κ2) is 4.79. The van der Waals surface area contributed by atoms with E-state index in [0.29, 0.717) is 0 Å². The van der Waals surface area contributed by atoms with Gasteiger partial charge in [0, 0.05) is 12.7 Å². The molecule has 0 aliphatic carbocycles. The number of piperidine rings is 1. The Morgan fingerprint density at radius 3 is 2.67 bits per heavy atom. The molecule has 1 aliphatic heterocycles. The highest BCUT2D eigenvalue weighted by molar-refractivity contribution is 5.02. The van der Waals surface area contributed by atoms with Gasteiger partial charge in [-0.15, -0.1) is 0 Å². The first-order chi connectivity index (χ1) is 7.29. The molecule has 1 aromatic rings. The predicted molar refractivity (Wildman–Crippen MR) is 61.8 cm³/mol. The number of rotatable bonds is 3. The molecular formula is C12H21N3. The number of aromatic nitrogens is 2. The molecule has 0 amide bonds. The van der Waals surface area contributed by atoms with Crippen LogP contribution in [0.1, 0.15) is 37.7 Å². The van der Waals surface area contributed by atoms with E-state index in [4.69, 9.17) is 0 Å². The maximum atomic E-state index is 4.60. The summed E-state index contributed by atoms with van der Waals surface area (Å²) in [6.45, 7) is 8.81. The van der Waals surface area contributed by atoms with Crippen molar-refractivity contribution in [3.05, 3.63) is 17.7 Å². The quantitative estimate of drug-likeness (QED) is 0.757. The highest BCUT2D eigenvalue weighted by atomic mass is 15.2. The number of hydrogen-bond donors (Lipinski definition) is 0. The maximum Gasteiger partial charge on any atom is 0.123 e. The van der Waals surface area contributed by atoms with Gasteiger partial charge in [-0.25, -0.2) is 4.98 Å². The van der Waals surface area contributed by atoms with E-state index in [9.17, 15) is 0 Å². The van der Waals surface area contributed by atoms with Crippen molar-refractivity contribution < 1.29 is 0 Å². The number of nitrogens with zero attached hydrogens (tertiary/aromatic N) is 3. The van der Waals surface area contributed by atoms with E-state index in [-0.39, 0.29) is 0 Å². The van der Waals surface area contributed by atoms with Crippen molar-refractivity contribution >= 4 is 0 Å². The van der Waals surface area contributed by atoms with E-state index in [1.165, 1.54) is 38.2 Å². The van der Waals surface area contributed by atoms with E-state index < -0.39 is 0 Å². The summed E-state index contributed by atoms with van der Waals surface area (Å²) in [5.74, 6) is 1.23. The largest absolute Gasteiger partial charge is 0.334 e. The van der Waals surface area contributed by atoms with E-state index >= 15 is 0 Å². The molecule has 0 atom stereocenters. The Kier molecular flexibility index (Phi) is 3.41. The van der Waals surface area contributed by atoms with Gasteiger partial charge in [-0.05, 0) is 39.8 Å². The van der Waals surface area contributed by atoms with Gasteiger partial charge in [0.25, 0.3) is 0 Å². The molecule has 3 heteroatoms. The zero-order chi connectivity index (χ0) is 10.7. The molecule has 0 radical (unpaired) electrons. The highest BCUT2D eigenvalue weighted by Crippen LogP contribution is 2.12. The Bertz CT molecular complexity index is 311. The van der Waals surface area contributed by atoms with Gasteiger partial charge in [-0.1, -0.05) is 6.42 Å². The van der Waals surface area contributed by atoms with E-state index in [1.54, 1.807) is 0 Å². The average Bonchev–Trinajstić information content (AvgIpc) is 2.60. The molecule has 0 N–H and O–H groups in total. The van der Waals surface area contributed by atoms with Crippen LogP contribution >= 0.6 is 0 Å². The molecule has 0 unspecified atom stereocenters. The smallest absolute Gasteiger partial charge is 0.123 e. The summed E-state index contributed by atoms with van der Waals surface area (Å²) in [5, 5.41) is 0. The van der Waals surface area contributed by atoms with Crippen LogP contribution in [-0.4, -0.2) is 27.5 Å². The minimum Gasteiger partial charge on any atom is -0.334 e. The lowest BCUT2D eigenvalue weighted by molar-refractivity contribution is 0.213. The zero-order valence-corrected chi connectivity index (χ0v) is 9.87. The molecule has 2 heterocycles. The maximum absolute atomic E-state index is 4.60. The second-order valence-electron chi connectivity index (χ2n) is 4.42. The topological polar surface area (TPSA) is 21.1 Å². The molecule has 15 heavy (non-hydrogen) atoms. The van der Waals surface area contributed by atoms with Gasteiger partial charge in [0.15, 0.2) is 0 Å². The molecule has 0 bridgehead atoms. The first-order valence-corrected chi connectivity index (χ1v) is 6.04. The van der Waals surface area contributed by atoms with Crippen molar-refractivity contribution in [1.29, 1.82) is 0 Å². The standard InChI is InChI=1S/C12H21N3/c1-3-15-9-11(2)13-12(15)10-14-7-5-4-6-8-14/h9H,3-8,10H2,1-2H3. The summed E-state index contributed by atoms with van der Waals surface area (Å²) in [5.41, 5.74) is 1.14. The second-order valence-corrected chi connectivity index (χ2v) is 4.42. The van der Waals surface area contributed by atoms with Gasteiger partial charge < -0.3 is 4.57 Å². The minimum absolute atomic E-state index is 1.03. The van der Waals surface area contributed by atoms with Gasteiger partial charge in [0.1, 0.15) is 5.82 Å². The van der Waals surface area contributed by atoms with Crippen LogP contribution in [0.5, 0.6) is 0 Å². The Labute approximate surface area is 92.1 Å². The fourth-order valence-electron chi connectivity index (χ4n) is 2.31. The lowest BCUT2D eigenvalue weighted by atomic mass is 10.1. The average molecular weight is 207 g/mol. The lowest BCUT2D eigenvalue weighted by Gasteiger charge is -2.26. The van der Waals surface area contributed by atoms with Gasteiger partial charge in [0.05, 0.1) is 12.2 Å². The molecule has 0 saturated carbocycles. The third kappa shape index (κ3) is 2.59. The minimum atomic E-state index is 1.03. The molecule has 84 valence electrons. The van der Waals surface area contributed by atoms with Crippen LogP contribution in [0.3, 0.4) is 0 Å². The molecule has 1 aromatic heterocycles. The molecule has 3 nitrogen and oxygen atoms in total. The molecule has 1 fully saturated rings. The Morgan fingerprint density at radius 1 is 1.27 bits per heavy atom. The zero-order valence-electron chi connectivity index (χ0n) is 9.87. The third-order valence-corrected chi connectivity index (χ3v) is 3.13. The summed E-state index contributed by atoms with van der Waals surface area (Å²) in [6, 6.07) is 0. The fourth-order valence-corrected chi connectivity index (χ4v) is 2.31. The van der Waals surface area contributed by atoms with E-state index in [1.807, 2.05) is 0 Å². The normalized spacial score (nSPS) is 18.3. The summed E-state index contributed by atoms with van der Waals surface area (Å²) >= 11 is 0. The summed E-state index contributed by atoms with van der Waals surface area (Å²) in [7, 11) is 0.